The van der Waals surface area contributed by atoms with Gasteiger partial charge in [-0.1, -0.05) is 0 Å². The fraction of sp³-hybridized carbons (Fsp3) is 0.238. The van der Waals surface area contributed by atoms with Crippen LogP contribution in [-0.4, -0.2) is 33.2 Å². The number of fused-ring (bicyclic) bond motifs is 1. The molecule has 3 rings (SSSR count). The molecule has 3 aromatic rings. The molecule has 0 aliphatic rings. The topological polar surface area (TPSA) is 147 Å². The van der Waals surface area contributed by atoms with E-state index in [9.17, 15) is 30.0 Å². The van der Waals surface area contributed by atoms with E-state index in [1.54, 1.807) is 20.8 Å². The molecule has 4 N–H and O–H groups in total. The van der Waals surface area contributed by atoms with Gasteiger partial charge < -0.3 is 34.3 Å². The molecular weight excluding hydrogens is 396 g/mol. The highest BCUT2D eigenvalue weighted by molar-refractivity contribution is 5.88. The van der Waals surface area contributed by atoms with Crippen molar-refractivity contribution in [1.82, 2.24) is 0 Å². The van der Waals surface area contributed by atoms with Gasteiger partial charge in [-0.05, 0) is 39.0 Å². The predicted molar refractivity (Wildman–Crippen MR) is 106 cm³/mol. The summed E-state index contributed by atoms with van der Waals surface area (Å²) < 4.78 is 16.1. The van der Waals surface area contributed by atoms with Gasteiger partial charge in [0.25, 0.3) is 0 Å². The van der Waals surface area contributed by atoms with Crippen LogP contribution in [0.15, 0.2) is 39.5 Å². The minimum Gasteiger partial charge on any atom is -0.508 e. The number of benzene rings is 2. The zero-order valence-electron chi connectivity index (χ0n) is 16.4. The molecule has 0 spiro atoms. The average molecular weight is 416 g/mol. The van der Waals surface area contributed by atoms with Crippen molar-refractivity contribution in [2.45, 2.75) is 20.8 Å². The lowest BCUT2D eigenvalue weighted by molar-refractivity contribution is -0.159. The van der Waals surface area contributed by atoms with Crippen molar-refractivity contribution < 1.29 is 39.1 Å². The van der Waals surface area contributed by atoms with Gasteiger partial charge in [0.1, 0.15) is 22.5 Å². The number of phenolic OH excluding ortho intramolecular Hbond substituents is 4. The third-order valence-electron chi connectivity index (χ3n) is 4.16. The van der Waals surface area contributed by atoms with Crippen LogP contribution < -0.4 is 10.2 Å². The maximum atomic E-state index is 13.0. The number of hydrogen-bond donors (Lipinski definition) is 4. The molecule has 0 aliphatic heterocycles. The highest BCUT2D eigenvalue weighted by atomic mass is 16.7. The van der Waals surface area contributed by atoms with Crippen LogP contribution in [0.25, 0.3) is 22.3 Å². The lowest BCUT2D eigenvalue weighted by Crippen LogP contribution is -2.25. The van der Waals surface area contributed by atoms with Crippen molar-refractivity contribution in [3.8, 4) is 40.1 Å². The van der Waals surface area contributed by atoms with E-state index in [1.807, 2.05) is 0 Å². The largest absolute Gasteiger partial charge is 0.508 e. The summed E-state index contributed by atoms with van der Waals surface area (Å²) in [5, 5.41) is 38.9. The maximum absolute atomic E-state index is 13.0. The summed E-state index contributed by atoms with van der Waals surface area (Å²) in [6, 6.07) is 5.77. The summed E-state index contributed by atoms with van der Waals surface area (Å²) in [4.78, 5) is 24.9. The molecule has 0 bridgehead atoms. The number of phenols is 4. The summed E-state index contributed by atoms with van der Waals surface area (Å²) in [7, 11) is 0. The number of esters is 1. The smallest absolute Gasteiger partial charge is 0.314 e. The molecule has 158 valence electrons. The Hall–Kier alpha value is -3.88. The van der Waals surface area contributed by atoms with Crippen LogP contribution in [0.2, 0.25) is 0 Å². The minimum atomic E-state index is -0.793. The van der Waals surface area contributed by atoms with Crippen molar-refractivity contribution in [2.75, 3.05) is 6.79 Å². The first-order valence-electron chi connectivity index (χ1n) is 8.84. The second kappa shape index (κ2) is 7.51. The fourth-order valence-electron chi connectivity index (χ4n) is 2.61. The van der Waals surface area contributed by atoms with Gasteiger partial charge in [-0.2, -0.15) is 0 Å². The van der Waals surface area contributed by atoms with Crippen molar-refractivity contribution >= 4 is 16.9 Å². The highest BCUT2D eigenvalue weighted by Gasteiger charge is 2.25. The molecular formula is C21H20O9. The van der Waals surface area contributed by atoms with E-state index in [2.05, 4.69) is 0 Å². The van der Waals surface area contributed by atoms with Gasteiger partial charge in [-0.3, -0.25) is 9.59 Å². The second-order valence-electron chi connectivity index (χ2n) is 7.57. The maximum Gasteiger partial charge on any atom is 0.314 e. The van der Waals surface area contributed by atoms with Crippen LogP contribution >= 0.6 is 0 Å². The van der Waals surface area contributed by atoms with Crippen molar-refractivity contribution in [3.05, 3.63) is 40.6 Å². The molecule has 0 unspecified atom stereocenters. The van der Waals surface area contributed by atoms with Crippen molar-refractivity contribution in [3.63, 3.8) is 0 Å². The molecule has 0 radical (unpaired) electrons. The monoisotopic (exact) mass is 416 g/mol. The summed E-state index contributed by atoms with van der Waals surface area (Å²) in [6.45, 7) is 4.33. The molecule has 9 nitrogen and oxygen atoms in total. The molecule has 0 saturated carbocycles. The van der Waals surface area contributed by atoms with Gasteiger partial charge >= 0.3 is 5.97 Å². The predicted octanol–water partition coefficient (Wildman–Crippen LogP) is 3.21. The zero-order chi connectivity index (χ0) is 22.2. The molecule has 1 heterocycles. The Balaban J connectivity index is 2.14. The zero-order valence-corrected chi connectivity index (χ0v) is 16.4. The van der Waals surface area contributed by atoms with E-state index in [-0.39, 0.29) is 28.0 Å². The van der Waals surface area contributed by atoms with E-state index in [4.69, 9.17) is 13.9 Å². The van der Waals surface area contributed by atoms with E-state index in [1.165, 1.54) is 12.1 Å². The summed E-state index contributed by atoms with van der Waals surface area (Å²) in [6.07, 6.45) is 0. The van der Waals surface area contributed by atoms with E-state index >= 15 is 0 Å². The molecule has 30 heavy (non-hydrogen) atoms. The van der Waals surface area contributed by atoms with Gasteiger partial charge in [0.2, 0.25) is 18.0 Å². The molecule has 9 heteroatoms. The average Bonchev–Trinajstić information content (AvgIpc) is 2.64. The molecule has 1 aromatic heterocycles. The SMILES string of the molecule is CC(C)(C)C(=O)OCOc1c(-c2ccc(O)c(O)c2)oc2cc(O)cc(O)c2c1=O. The first-order chi connectivity index (χ1) is 14.0. The van der Waals surface area contributed by atoms with Crippen molar-refractivity contribution in [2.24, 2.45) is 5.41 Å². The van der Waals surface area contributed by atoms with Crippen LogP contribution in [0, 0.1) is 5.41 Å². The molecule has 0 fully saturated rings. The number of rotatable bonds is 4. The molecule has 0 amide bonds. The Labute approximate surface area is 170 Å². The summed E-state index contributed by atoms with van der Waals surface area (Å²) >= 11 is 0. The van der Waals surface area contributed by atoms with Gasteiger partial charge in [0.05, 0.1) is 5.41 Å². The van der Waals surface area contributed by atoms with Gasteiger partial charge in [0.15, 0.2) is 17.3 Å². The quantitative estimate of drug-likeness (QED) is 0.286. The van der Waals surface area contributed by atoms with Crippen LogP contribution in [0.5, 0.6) is 28.7 Å². The Bertz CT molecular complexity index is 1190. The van der Waals surface area contributed by atoms with Gasteiger partial charge in [0, 0.05) is 17.7 Å². The van der Waals surface area contributed by atoms with Gasteiger partial charge in [-0.25, -0.2) is 0 Å². The van der Waals surface area contributed by atoms with E-state index in [0.29, 0.717) is 0 Å². The van der Waals surface area contributed by atoms with E-state index < -0.39 is 46.6 Å². The van der Waals surface area contributed by atoms with Crippen LogP contribution in [0.4, 0.5) is 0 Å². The van der Waals surface area contributed by atoms with Gasteiger partial charge in [-0.15, -0.1) is 0 Å². The van der Waals surface area contributed by atoms with Crippen LogP contribution in [0.3, 0.4) is 0 Å². The first-order valence-corrected chi connectivity index (χ1v) is 8.84. The Kier molecular flexibility index (Phi) is 5.22. The number of hydrogen-bond acceptors (Lipinski definition) is 9. The molecule has 2 aromatic carbocycles. The Morgan fingerprint density at radius 3 is 2.33 bits per heavy atom. The third kappa shape index (κ3) is 3.95. The van der Waals surface area contributed by atoms with Crippen LogP contribution in [0.1, 0.15) is 20.8 Å². The third-order valence-corrected chi connectivity index (χ3v) is 4.16. The fourth-order valence-corrected chi connectivity index (χ4v) is 2.61. The van der Waals surface area contributed by atoms with E-state index in [0.717, 1.165) is 18.2 Å². The second-order valence-corrected chi connectivity index (χ2v) is 7.57. The number of carbonyl (C=O) groups is 1. The van der Waals surface area contributed by atoms with Crippen LogP contribution in [-0.2, 0) is 9.53 Å². The number of ether oxygens (including phenoxy) is 2. The lowest BCUT2D eigenvalue weighted by Gasteiger charge is -2.17. The van der Waals surface area contributed by atoms with Crippen molar-refractivity contribution in [1.29, 1.82) is 0 Å². The Morgan fingerprint density at radius 2 is 1.70 bits per heavy atom. The molecule has 0 saturated heterocycles. The first kappa shape index (κ1) is 20.8. The summed E-state index contributed by atoms with van der Waals surface area (Å²) in [5.41, 5.74) is -1.56. The number of carbonyl (C=O) groups excluding carboxylic acids is 1. The molecule has 0 aliphatic carbocycles. The lowest BCUT2D eigenvalue weighted by atomic mass is 9.98. The number of aromatic hydroxyl groups is 4. The summed E-state index contributed by atoms with van der Waals surface area (Å²) in [5.74, 6) is -2.86. The normalized spacial score (nSPS) is 11.4. The highest BCUT2D eigenvalue weighted by Crippen LogP contribution is 2.38. The molecule has 0 atom stereocenters. The Morgan fingerprint density at radius 1 is 1.00 bits per heavy atom. The standard InChI is InChI=1S/C21H20O9/c1-21(2,3)20(27)29-9-28-19-17(26)16-14(25)7-11(22)8-15(16)30-18(19)10-4-5-12(23)13(24)6-10/h4-8,22-25H,9H2,1-3H3. The minimum absolute atomic E-state index is 0.140.